The lowest BCUT2D eigenvalue weighted by atomic mass is 10.2. The van der Waals surface area contributed by atoms with Crippen molar-refractivity contribution in [3.05, 3.63) is 70.0 Å². The summed E-state index contributed by atoms with van der Waals surface area (Å²) in [6.45, 7) is 1.23. The number of carbonyl (C=O) groups excluding carboxylic acids is 1. The molecule has 0 saturated carbocycles. The van der Waals surface area contributed by atoms with Gasteiger partial charge in [-0.25, -0.2) is 9.37 Å². The Kier molecular flexibility index (Phi) is 6.86. The number of anilines is 1. The Labute approximate surface area is 177 Å². The third kappa shape index (κ3) is 5.46. The molecule has 156 valence electrons. The summed E-state index contributed by atoms with van der Waals surface area (Å²) in [4.78, 5) is 31.5. The van der Waals surface area contributed by atoms with Gasteiger partial charge in [-0.15, -0.1) is 0 Å². The van der Waals surface area contributed by atoms with Crippen molar-refractivity contribution in [1.29, 1.82) is 0 Å². The van der Waals surface area contributed by atoms with Crippen molar-refractivity contribution in [2.45, 2.75) is 6.42 Å². The van der Waals surface area contributed by atoms with Gasteiger partial charge in [-0.3, -0.25) is 19.8 Å². The van der Waals surface area contributed by atoms with Crippen LogP contribution in [0.5, 0.6) is 0 Å². The van der Waals surface area contributed by atoms with Gasteiger partial charge in [-0.05, 0) is 56.9 Å². The van der Waals surface area contributed by atoms with Gasteiger partial charge in [0.25, 0.3) is 11.6 Å². The average molecular weight is 428 g/mol. The second-order valence-electron chi connectivity index (χ2n) is 6.94. The average Bonchev–Trinajstić information content (AvgIpc) is 3.12. The highest BCUT2D eigenvalue weighted by atomic mass is 32.1. The number of hydrogen-bond acceptors (Lipinski definition) is 6. The van der Waals surface area contributed by atoms with Gasteiger partial charge in [0, 0.05) is 24.8 Å². The molecule has 0 aliphatic rings. The van der Waals surface area contributed by atoms with Crippen LogP contribution in [0.3, 0.4) is 0 Å². The Morgan fingerprint density at radius 2 is 2.03 bits per heavy atom. The second-order valence-corrected chi connectivity index (χ2v) is 7.95. The molecular formula is C21H21FN4O3S. The molecule has 0 radical (unpaired) electrons. The minimum absolute atomic E-state index is 0.0411. The lowest BCUT2D eigenvalue weighted by molar-refractivity contribution is -0.384. The molecule has 0 saturated heterocycles. The number of nitro groups is 1. The van der Waals surface area contributed by atoms with Crippen LogP contribution in [0.1, 0.15) is 12.0 Å². The van der Waals surface area contributed by atoms with Gasteiger partial charge in [-0.1, -0.05) is 23.5 Å². The molecule has 2 aromatic carbocycles. The smallest absolute Gasteiger partial charge is 0.270 e. The van der Waals surface area contributed by atoms with Crippen LogP contribution < -0.4 is 4.90 Å². The van der Waals surface area contributed by atoms with Gasteiger partial charge in [0.15, 0.2) is 5.13 Å². The first kappa shape index (κ1) is 21.5. The molecule has 3 rings (SSSR count). The van der Waals surface area contributed by atoms with E-state index in [0.29, 0.717) is 27.5 Å². The molecule has 0 bridgehead atoms. The maximum Gasteiger partial charge on any atom is 0.270 e. The molecule has 0 aliphatic heterocycles. The summed E-state index contributed by atoms with van der Waals surface area (Å²) in [5.74, 6) is -0.645. The van der Waals surface area contributed by atoms with Crippen LogP contribution in [0.15, 0.2) is 48.5 Å². The number of benzene rings is 2. The number of nitro benzene ring substituents is 1. The van der Waals surface area contributed by atoms with Crippen molar-refractivity contribution in [3.8, 4) is 0 Å². The van der Waals surface area contributed by atoms with Crippen molar-refractivity contribution < 1.29 is 14.1 Å². The van der Waals surface area contributed by atoms with Crippen LogP contribution in [0.25, 0.3) is 16.3 Å². The van der Waals surface area contributed by atoms with Gasteiger partial charge in [0.1, 0.15) is 5.82 Å². The van der Waals surface area contributed by atoms with Crippen LogP contribution in [0.4, 0.5) is 15.2 Å². The molecule has 0 aliphatic carbocycles. The van der Waals surface area contributed by atoms with Crippen LogP contribution in [0, 0.1) is 15.9 Å². The first-order chi connectivity index (χ1) is 14.3. The van der Waals surface area contributed by atoms with E-state index in [2.05, 4.69) is 4.98 Å². The van der Waals surface area contributed by atoms with Gasteiger partial charge >= 0.3 is 0 Å². The van der Waals surface area contributed by atoms with Crippen LogP contribution in [-0.4, -0.2) is 47.9 Å². The summed E-state index contributed by atoms with van der Waals surface area (Å²) >= 11 is 1.25. The topological polar surface area (TPSA) is 79.6 Å². The van der Waals surface area contributed by atoms with E-state index in [-0.39, 0.29) is 17.4 Å². The van der Waals surface area contributed by atoms with Gasteiger partial charge in [0.05, 0.1) is 15.1 Å². The molecule has 0 unspecified atom stereocenters. The molecule has 0 N–H and O–H groups in total. The van der Waals surface area contributed by atoms with E-state index in [1.54, 1.807) is 29.2 Å². The summed E-state index contributed by atoms with van der Waals surface area (Å²) < 4.78 is 14.2. The van der Waals surface area contributed by atoms with E-state index in [1.807, 2.05) is 19.0 Å². The molecule has 7 nitrogen and oxygen atoms in total. The number of amides is 1. The lowest BCUT2D eigenvalue weighted by Crippen LogP contribution is -2.32. The van der Waals surface area contributed by atoms with Crippen LogP contribution in [0.2, 0.25) is 0 Å². The zero-order valence-electron chi connectivity index (χ0n) is 16.6. The number of halogens is 1. The molecule has 1 aromatic heterocycles. The van der Waals surface area contributed by atoms with Crippen molar-refractivity contribution in [3.63, 3.8) is 0 Å². The first-order valence-corrected chi connectivity index (χ1v) is 10.1. The zero-order chi connectivity index (χ0) is 21.7. The summed E-state index contributed by atoms with van der Waals surface area (Å²) in [6, 6.07) is 10.4. The normalized spacial score (nSPS) is 11.5. The van der Waals surface area contributed by atoms with E-state index >= 15 is 0 Å². The first-order valence-electron chi connectivity index (χ1n) is 9.28. The van der Waals surface area contributed by atoms with Gasteiger partial charge < -0.3 is 4.90 Å². The molecular weight excluding hydrogens is 407 g/mol. The summed E-state index contributed by atoms with van der Waals surface area (Å²) in [6.07, 6.45) is 3.65. The fraction of sp³-hybridized carbons (Fsp3) is 0.238. The predicted octanol–water partition coefficient (Wildman–Crippen LogP) is 4.34. The predicted molar refractivity (Wildman–Crippen MR) is 117 cm³/mol. The van der Waals surface area contributed by atoms with Crippen LogP contribution in [-0.2, 0) is 4.79 Å². The minimum Gasteiger partial charge on any atom is -0.309 e. The number of fused-ring (bicyclic) bond motifs is 1. The Bertz CT molecular complexity index is 1100. The van der Waals surface area contributed by atoms with Gasteiger partial charge in [-0.2, -0.15) is 0 Å². The summed E-state index contributed by atoms with van der Waals surface area (Å²) in [5, 5.41) is 11.4. The van der Waals surface area contributed by atoms with Crippen molar-refractivity contribution in [2.24, 2.45) is 0 Å². The van der Waals surface area contributed by atoms with Crippen molar-refractivity contribution in [1.82, 2.24) is 9.88 Å². The van der Waals surface area contributed by atoms with E-state index in [0.717, 1.165) is 13.0 Å². The number of hydrogen-bond donors (Lipinski definition) is 0. The molecule has 0 fully saturated rings. The van der Waals surface area contributed by atoms with Gasteiger partial charge in [0.2, 0.25) is 0 Å². The summed E-state index contributed by atoms with van der Waals surface area (Å²) in [7, 11) is 3.91. The lowest BCUT2D eigenvalue weighted by Gasteiger charge is -2.19. The number of aromatic nitrogens is 1. The maximum absolute atomic E-state index is 13.5. The highest BCUT2D eigenvalue weighted by molar-refractivity contribution is 7.22. The quantitative estimate of drug-likeness (QED) is 0.303. The van der Waals surface area contributed by atoms with Crippen molar-refractivity contribution in [2.75, 3.05) is 32.1 Å². The molecule has 0 atom stereocenters. The van der Waals surface area contributed by atoms with E-state index < -0.39 is 4.92 Å². The zero-order valence-corrected chi connectivity index (χ0v) is 17.4. The van der Waals surface area contributed by atoms with E-state index in [1.165, 1.54) is 41.7 Å². The third-order valence-corrected chi connectivity index (χ3v) is 5.36. The van der Waals surface area contributed by atoms with E-state index in [4.69, 9.17) is 0 Å². The number of carbonyl (C=O) groups is 1. The fourth-order valence-corrected chi connectivity index (χ4v) is 3.87. The Morgan fingerprint density at radius 1 is 1.23 bits per heavy atom. The summed E-state index contributed by atoms with van der Waals surface area (Å²) in [5.41, 5.74) is 1.14. The minimum atomic E-state index is -0.479. The van der Waals surface area contributed by atoms with Crippen molar-refractivity contribution >= 4 is 44.4 Å². The molecule has 1 amide bonds. The van der Waals surface area contributed by atoms with Crippen LogP contribution >= 0.6 is 11.3 Å². The highest BCUT2D eigenvalue weighted by Crippen LogP contribution is 2.30. The molecule has 0 spiro atoms. The Balaban J connectivity index is 1.85. The maximum atomic E-state index is 13.5. The van der Waals surface area contributed by atoms with E-state index in [9.17, 15) is 19.3 Å². The highest BCUT2D eigenvalue weighted by Gasteiger charge is 2.18. The largest absolute Gasteiger partial charge is 0.309 e. The standard InChI is InChI=1S/C21H21FN4O3S/c1-24(2)11-4-12-25(21-23-18-9-8-16(22)14-19(18)30-21)20(27)10-7-15-5-3-6-17(13-15)26(28)29/h3,5-10,13-14H,4,11-12H2,1-2H3/b10-7+. The second kappa shape index (κ2) is 9.55. The third-order valence-electron chi connectivity index (χ3n) is 4.32. The number of non-ortho nitro benzene ring substituents is 1. The number of rotatable bonds is 8. The molecule has 9 heteroatoms. The monoisotopic (exact) mass is 428 g/mol. The SMILES string of the molecule is CN(C)CCCN(C(=O)/C=C/c1cccc([N+](=O)[O-])c1)c1nc2ccc(F)cc2s1. The molecule has 1 heterocycles. The molecule has 30 heavy (non-hydrogen) atoms. The Hall–Kier alpha value is -3.17. The molecule has 3 aromatic rings. The number of thiazole rings is 1. The number of nitrogens with zero attached hydrogens (tertiary/aromatic N) is 4. The Morgan fingerprint density at radius 3 is 2.77 bits per heavy atom. The fourth-order valence-electron chi connectivity index (χ4n) is 2.85.